The quantitative estimate of drug-likeness (QED) is 0.454. The van der Waals surface area contributed by atoms with Crippen molar-refractivity contribution in [3.63, 3.8) is 0 Å². The minimum atomic E-state index is 0.662. The first kappa shape index (κ1) is 15.0. The van der Waals surface area contributed by atoms with Gasteiger partial charge in [0, 0.05) is 20.3 Å². The molecule has 0 fully saturated rings. The standard InChI is InChI=1S/C20H22O2/c1-21-12-6-7-13-22-15-20-18-10-4-2-8-16(18)14-17-9-3-5-11-19(17)20/h2-5,8-11,14H,6-7,12-13,15H2,1H3. The molecule has 0 saturated heterocycles. The molecule has 0 aliphatic heterocycles. The summed E-state index contributed by atoms with van der Waals surface area (Å²) in [5.41, 5.74) is 1.29. The van der Waals surface area contributed by atoms with Gasteiger partial charge in [-0.05, 0) is 46.0 Å². The molecule has 0 atom stereocenters. The largest absolute Gasteiger partial charge is 0.385 e. The summed E-state index contributed by atoms with van der Waals surface area (Å²) < 4.78 is 11.0. The zero-order valence-corrected chi connectivity index (χ0v) is 13.0. The number of hydrogen-bond acceptors (Lipinski definition) is 2. The monoisotopic (exact) mass is 294 g/mol. The molecule has 0 aromatic heterocycles. The normalized spacial score (nSPS) is 11.3. The molecule has 3 aromatic rings. The van der Waals surface area contributed by atoms with Crippen LogP contribution < -0.4 is 0 Å². The number of rotatable bonds is 7. The fourth-order valence-corrected chi connectivity index (χ4v) is 2.89. The number of unbranched alkanes of at least 4 members (excludes halogenated alkanes) is 1. The third kappa shape index (κ3) is 3.29. The van der Waals surface area contributed by atoms with Crippen LogP contribution in [-0.4, -0.2) is 20.3 Å². The summed E-state index contributed by atoms with van der Waals surface area (Å²) in [7, 11) is 1.74. The van der Waals surface area contributed by atoms with Crippen molar-refractivity contribution < 1.29 is 9.47 Å². The molecule has 2 heteroatoms. The van der Waals surface area contributed by atoms with E-state index in [1.165, 1.54) is 27.1 Å². The maximum absolute atomic E-state index is 5.93. The predicted molar refractivity (Wildman–Crippen MR) is 92.2 cm³/mol. The van der Waals surface area contributed by atoms with Crippen molar-refractivity contribution in [3.05, 3.63) is 60.2 Å². The number of hydrogen-bond donors (Lipinski definition) is 0. The lowest BCUT2D eigenvalue weighted by Gasteiger charge is -2.12. The van der Waals surface area contributed by atoms with Crippen LogP contribution in [0.1, 0.15) is 18.4 Å². The first-order valence-electron chi connectivity index (χ1n) is 7.86. The van der Waals surface area contributed by atoms with Crippen molar-refractivity contribution in [3.8, 4) is 0 Å². The van der Waals surface area contributed by atoms with E-state index in [-0.39, 0.29) is 0 Å². The van der Waals surface area contributed by atoms with E-state index < -0.39 is 0 Å². The molecule has 0 spiro atoms. The van der Waals surface area contributed by atoms with Crippen LogP contribution in [0.4, 0.5) is 0 Å². The zero-order valence-electron chi connectivity index (χ0n) is 13.0. The third-order valence-corrected chi connectivity index (χ3v) is 4.02. The number of benzene rings is 3. The third-order valence-electron chi connectivity index (χ3n) is 4.02. The van der Waals surface area contributed by atoms with Crippen LogP contribution in [-0.2, 0) is 16.1 Å². The second-order valence-corrected chi connectivity index (χ2v) is 5.55. The van der Waals surface area contributed by atoms with Gasteiger partial charge < -0.3 is 9.47 Å². The lowest BCUT2D eigenvalue weighted by molar-refractivity contribution is 0.109. The predicted octanol–water partition coefficient (Wildman–Crippen LogP) is 4.94. The average molecular weight is 294 g/mol. The highest BCUT2D eigenvalue weighted by Gasteiger charge is 2.07. The second kappa shape index (κ2) is 7.39. The molecule has 0 heterocycles. The van der Waals surface area contributed by atoms with E-state index in [9.17, 15) is 0 Å². The van der Waals surface area contributed by atoms with Crippen LogP contribution >= 0.6 is 0 Å². The van der Waals surface area contributed by atoms with E-state index in [1.54, 1.807) is 7.11 Å². The fraction of sp³-hybridized carbons (Fsp3) is 0.300. The van der Waals surface area contributed by atoms with Gasteiger partial charge in [-0.15, -0.1) is 0 Å². The van der Waals surface area contributed by atoms with Crippen molar-refractivity contribution in [1.82, 2.24) is 0 Å². The molecule has 0 aliphatic rings. The molecule has 3 aromatic carbocycles. The van der Waals surface area contributed by atoms with Crippen molar-refractivity contribution in [1.29, 1.82) is 0 Å². The molecule has 0 unspecified atom stereocenters. The summed E-state index contributed by atoms with van der Waals surface area (Å²) in [6.45, 7) is 2.25. The van der Waals surface area contributed by atoms with Gasteiger partial charge in [-0.3, -0.25) is 0 Å². The van der Waals surface area contributed by atoms with Gasteiger partial charge in [0.15, 0.2) is 0 Å². The van der Waals surface area contributed by atoms with Crippen molar-refractivity contribution in [2.45, 2.75) is 19.4 Å². The molecular weight excluding hydrogens is 272 g/mol. The summed E-state index contributed by atoms with van der Waals surface area (Å²) in [5, 5.41) is 5.13. The maximum Gasteiger partial charge on any atom is 0.0728 e. The molecule has 0 radical (unpaired) electrons. The van der Waals surface area contributed by atoms with E-state index in [0.717, 1.165) is 26.1 Å². The fourth-order valence-electron chi connectivity index (χ4n) is 2.89. The summed E-state index contributed by atoms with van der Waals surface area (Å²) in [6.07, 6.45) is 2.09. The second-order valence-electron chi connectivity index (χ2n) is 5.55. The molecule has 0 N–H and O–H groups in total. The highest BCUT2D eigenvalue weighted by Crippen LogP contribution is 2.29. The first-order valence-corrected chi connectivity index (χ1v) is 7.86. The van der Waals surface area contributed by atoms with Gasteiger partial charge in [-0.1, -0.05) is 48.5 Å². The van der Waals surface area contributed by atoms with Gasteiger partial charge in [0.25, 0.3) is 0 Å². The van der Waals surface area contributed by atoms with Gasteiger partial charge in [-0.25, -0.2) is 0 Å². The van der Waals surface area contributed by atoms with Crippen LogP contribution in [0, 0.1) is 0 Å². The molecule has 22 heavy (non-hydrogen) atoms. The highest BCUT2D eigenvalue weighted by molar-refractivity contribution is 6.02. The Morgan fingerprint density at radius 3 is 2.00 bits per heavy atom. The average Bonchev–Trinajstić information content (AvgIpc) is 2.57. The van der Waals surface area contributed by atoms with Gasteiger partial charge in [-0.2, -0.15) is 0 Å². The minimum absolute atomic E-state index is 0.662. The van der Waals surface area contributed by atoms with Crippen LogP contribution in [0.25, 0.3) is 21.5 Å². The SMILES string of the molecule is COCCCCOCc1c2ccccc2cc2ccccc12. The Morgan fingerprint density at radius 1 is 0.773 bits per heavy atom. The van der Waals surface area contributed by atoms with Crippen molar-refractivity contribution >= 4 is 21.5 Å². The topological polar surface area (TPSA) is 18.5 Å². The Labute approximate surface area is 131 Å². The Morgan fingerprint density at radius 2 is 1.36 bits per heavy atom. The van der Waals surface area contributed by atoms with Gasteiger partial charge >= 0.3 is 0 Å². The Hall–Kier alpha value is -1.90. The Kier molecular flexibility index (Phi) is 5.04. The van der Waals surface area contributed by atoms with Gasteiger partial charge in [0.1, 0.15) is 0 Å². The molecule has 0 amide bonds. The molecule has 0 aliphatic carbocycles. The minimum Gasteiger partial charge on any atom is -0.385 e. The lowest BCUT2D eigenvalue weighted by Crippen LogP contribution is -1.99. The Bertz CT molecular complexity index is 695. The summed E-state index contributed by atoms with van der Waals surface area (Å²) in [5.74, 6) is 0. The summed E-state index contributed by atoms with van der Waals surface area (Å²) in [6, 6.07) is 19.3. The molecular formula is C20H22O2. The maximum atomic E-state index is 5.93. The van der Waals surface area contributed by atoms with E-state index in [2.05, 4.69) is 54.6 Å². The van der Waals surface area contributed by atoms with E-state index in [0.29, 0.717) is 6.61 Å². The van der Waals surface area contributed by atoms with Gasteiger partial charge in [0.05, 0.1) is 6.61 Å². The first-order chi connectivity index (χ1) is 10.9. The van der Waals surface area contributed by atoms with Gasteiger partial charge in [0.2, 0.25) is 0 Å². The van der Waals surface area contributed by atoms with Crippen LogP contribution in [0.2, 0.25) is 0 Å². The molecule has 2 nitrogen and oxygen atoms in total. The lowest BCUT2D eigenvalue weighted by atomic mass is 9.97. The number of fused-ring (bicyclic) bond motifs is 2. The summed E-state index contributed by atoms with van der Waals surface area (Å²) in [4.78, 5) is 0. The highest BCUT2D eigenvalue weighted by atomic mass is 16.5. The molecule has 3 rings (SSSR count). The number of ether oxygens (including phenoxy) is 2. The zero-order chi connectivity index (χ0) is 15.2. The molecule has 0 saturated carbocycles. The summed E-state index contributed by atoms with van der Waals surface area (Å²) >= 11 is 0. The van der Waals surface area contributed by atoms with Crippen molar-refractivity contribution in [2.75, 3.05) is 20.3 Å². The van der Waals surface area contributed by atoms with E-state index in [1.807, 2.05) is 0 Å². The van der Waals surface area contributed by atoms with Crippen LogP contribution in [0.5, 0.6) is 0 Å². The van der Waals surface area contributed by atoms with E-state index in [4.69, 9.17) is 9.47 Å². The van der Waals surface area contributed by atoms with Crippen molar-refractivity contribution in [2.24, 2.45) is 0 Å². The molecule has 114 valence electrons. The van der Waals surface area contributed by atoms with Crippen LogP contribution in [0.3, 0.4) is 0 Å². The smallest absolute Gasteiger partial charge is 0.0728 e. The Balaban J connectivity index is 1.85. The van der Waals surface area contributed by atoms with E-state index >= 15 is 0 Å². The number of methoxy groups -OCH3 is 1. The van der Waals surface area contributed by atoms with Crippen LogP contribution in [0.15, 0.2) is 54.6 Å². The molecule has 0 bridgehead atoms.